The number of fused-ring (bicyclic) bond motifs is 2. The van der Waals surface area contributed by atoms with Gasteiger partial charge < -0.3 is 14.6 Å². The molecule has 2 heterocycles. The molecule has 140 valence electrons. The van der Waals surface area contributed by atoms with Gasteiger partial charge in [0.2, 0.25) is 0 Å². The van der Waals surface area contributed by atoms with Crippen molar-refractivity contribution in [3.8, 4) is 5.75 Å². The fraction of sp³-hybridized carbons (Fsp3) is 0.200. The van der Waals surface area contributed by atoms with Crippen molar-refractivity contribution in [3.63, 3.8) is 0 Å². The smallest absolute Gasteiger partial charge is 0.119 e. The number of nitrogens with one attached hydrogen (secondary N) is 1. The van der Waals surface area contributed by atoms with Crippen molar-refractivity contribution in [1.29, 1.82) is 0 Å². The summed E-state index contributed by atoms with van der Waals surface area (Å²) in [6.07, 6.45) is 4.35. The summed E-state index contributed by atoms with van der Waals surface area (Å²) in [5, 5.41) is 1.32. The first-order chi connectivity index (χ1) is 13.8. The second-order valence-electron chi connectivity index (χ2n) is 7.45. The molecule has 0 bridgehead atoms. The maximum atomic E-state index is 5.47. The average Bonchev–Trinajstić information content (AvgIpc) is 3.18. The Balaban J connectivity index is 1.61. The number of para-hydroxylation sites is 1. The van der Waals surface area contributed by atoms with Gasteiger partial charge in [-0.05, 0) is 53.8 Å². The number of aromatic amines is 1. The lowest BCUT2D eigenvalue weighted by Crippen LogP contribution is -2.32. The van der Waals surface area contributed by atoms with Gasteiger partial charge in [0, 0.05) is 29.3 Å². The zero-order chi connectivity index (χ0) is 18.9. The highest BCUT2D eigenvalue weighted by Gasteiger charge is 2.29. The number of nitrogens with zero attached hydrogens (tertiary/aromatic N) is 1. The summed E-state index contributed by atoms with van der Waals surface area (Å²) < 4.78 is 5.47. The number of anilines is 1. The lowest BCUT2D eigenvalue weighted by molar-refractivity contribution is 0.413. The van der Waals surface area contributed by atoms with Gasteiger partial charge in [-0.25, -0.2) is 0 Å². The Morgan fingerprint density at radius 2 is 1.82 bits per heavy atom. The van der Waals surface area contributed by atoms with Crippen LogP contribution in [0.25, 0.3) is 10.9 Å². The Kier molecular flexibility index (Phi) is 4.28. The standard InChI is InChI=1S/C25H24N2O/c1-28-20-12-14-24-19(15-20)11-13-25(27(24)17-18-7-3-2-4-8-18)22-16-26-23-10-6-5-9-21(22)23/h2-10,12,14-16,25-26H,11,13,17H2,1H3. The van der Waals surface area contributed by atoms with E-state index >= 15 is 0 Å². The van der Waals surface area contributed by atoms with Crippen LogP contribution in [0, 0.1) is 0 Å². The molecule has 1 aromatic heterocycles. The summed E-state index contributed by atoms with van der Waals surface area (Å²) in [4.78, 5) is 6.02. The van der Waals surface area contributed by atoms with Crippen LogP contribution in [-0.4, -0.2) is 12.1 Å². The van der Waals surface area contributed by atoms with Gasteiger partial charge in [0.1, 0.15) is 5.75 Å². The maximum absolute atomic E-state index is 5.47. The molecule has 0 spiro atoms. The zero-order valence-electron chi connectivity index (χ0n) is 16.1. The van der Waals surface area contributed by atoms with Crippen LogP contribution in [0.3, 0.4) is 0 Å². The summed E-state index contributed by atoms with van der Waals surface area (Å²) in [7, 11) is 1.74. The molecule has 0 fully saturated rings. The van der Waals surface area contributed by atoms with E-state index in [4.69, 9.17) is 4.74 Å². The topological polar surface area (TPSA) is 28.3 Å². The van der Waals surface area contributed by atoms with Gasteiger partial charge >= 0.3 is 0 Å². The molecule has 3 aromatic carbocycles. The van der Waals surface area contributed by atoms with Gasteiger partial charge in [0.15, 0.2) is 0 Å². The molecule has 1 aliphatic rings. The summed E-state index contributed by atoms with van der Waals surface area (Å²) >= 11 is 0. The quantitative estimate of drug-likeness (QED) is 0.488. The predicted molar refractivity (Wildman–Crippen MR) is 115 cm³/mol. The molecule has 0 radical (unpaired) electrons. The predicted octanol–water partition coefficient (Wildman–Crippen LogP) is 5.87. The minimum atomic E-state index is 0.345. The van der Waals surface area contributed by atoms with Crippen molar-refractivity contribution in [2.45, 2.75) is 25.4 Å². The lowest BCUT2D eigenvalue weighted by atomic mass is 9.90. The van der Waals surface area contributed by atoms with Crippen molar-refractivity contribution in [2.75, 3.05) is 12.0 Å². The summed E-state index contributed by atoms with van der Waals surface area (Å²) in [5.41, 5.74) is 6.60. The van der Waals surface area contributed by atoms with Crippen LogP contribution in [0.1, 0.15) is 29.2 Å². The molecule has 5 rings (SSSR count). The molecule has 1 unspecified atom stereocenters. The zero-order valence-corrected chi connectivity index (χ0v) is 16.1. The number of ether oxygens (including phenoxy) is 1. The number of rotatable bonds is 4. The second-order valence-corrected chi connectivity index (χ2v) is 7.45. The molecule has 0 aliphatic carbocycles. The number of hydrogen-bond donors (Lipinski definition) is 1. The van der Waals surface area contributed by atoms with E-state index in [9.17, 15) is 0 Å². The second kappa shape index (κ2) is 7.08. The van der Waals surface area contributed by atoms with Gasteiger partial charge in [-0.3, -0.25) is 0 Å². The number of benzene rings is 3. The SMILES string of the molecule is COc1ccc2c(c1)CCC(c1c[nH]c3ccccc13)N2Cc1ccccc1. The summed E-state index contributed by atoms with van der Waals surface area (Å²) in [6.45, 7) is 0.893. The molecule has 1 atom stereocenters. The fourth-order valence-electron chi connectivity index (χ4n) is 4.45. The third-order valence-corrected chi connectivity index (χ3v) is 5.84. The Bertz CT molecular complexity index is 1100. The maximum Gasteiger partial charge on any atom is 0.119 e. The molecule has 0 saturated heterocycles. The first-order valence-corrected chi connectivity index (χ1v) is 9.87. The van der Waals surface area contributed by atoms with Crippen LogP contribution < -0.4 is 9.64 Å². The third-order valence-electron chi connectivity index (χ3n) is 5.84. The molecule has 3 nitrogen and oxygen atoms in total. The van der Waals surface area contributed by atoms with Crippen LogP contribution in [0.4, 0.5) is 5.69 Å². The van der Waals surface area contributed by atoms with E-state index in [2.05, 4.69) is 88.9 Å². The lowest BCUT2D eigenvalue weighted by Gasteiger charge is -2.39. The van der Waals surface area contributed by atoms with Gasteiger partial charge in [-0.15, -0.1) is 0 Å². The van der Waals surface area contributed by atoms with Crippen LogP contribution in [0.15, 0.2) is 79.0 Å². The highest BCUT2D eigenvalue weighted by atomic mass is 16.5. The average molecular weight is 368 g/mol. The summed E-state index contributed by atoms with van der Waals surface area (Å²) in [6, 6.07) is 26.2. The van der Waals surface area contributed by atoms with Gasteiger partial charge in [-0.1, -0.05) is 48.5 Å². The third kappa shape index (κ3) is 2.93. The van der Waals surface area contributed by atoms with E-state index in [1.54, 1.807) is 7.11 Å². The van der Waals surface area contributed by atoms with Gasteiger partial charge in [0.05, 0.1) is 13.2 Å². The van der Waals surface area contributed by atoms with Crippen molar-refractivity contribution in [1.82, 2.24) is 4.98 Å². The fourth-order valence-corrected chi connectivity index (χ4v) is 4.45. The number of hydrogen-bond acceptors (Lipinski definition) is 2. The molecule has 1 aliphatic heterocycles. The highest BCUT2D eigenvalue weighted by Crippen LogP contribution is 2.42. The van der Waals surface area contributed by atoms with E-state index in [-0.39, 0.29) is 0 Å². The van der Waals surface area contributed by atoms with E-state index in [0.717, 1.165) is 25.1 Å². The molecular weight excluding hydrogens is 344 g/mol. The first kappa shape index (κ1) is 16.9. The molecule has 0 saturated carbocycles. The van der Waals surface area contributed by atoms with Crippen LogP contribution in [0.5, 0.6) is 5.75 Å². The number of aromatic nitrogens is 1. The van der Waals surface area contributed by atoms with Crippen LogP contribution in [-0.2, 0) is 13.0 Å². The highest BCUT2D eigenvalue weighted by molar-refractivity contribution is 5.84. The van der Waals surface area contributed by atoms with E-state index < -0.39 is 0 Å². The Morgan fingerprint density at radius 3 is 2.68 bits per heavy atom. The molecule has 28 heavy (non-hydrogen) atoms. The largest absolute Gasteiger partial charge is 0.497 e. The number of H-pyrrole nitrogens is 1. The van der Waals surface area contributed by atoms with Crippen molar-refractivity contribution >= 4 is 16.6 Å². The normalized spacial score (nSPS) is 16.2. The van der Waals surface area contributed by atoms with Gasteiger partial charge in [0.25, 0.3) is 0 Å². The minimum Gasteiger partial charge on any atom is -0.497 e. The Morgan fingerprint density at radius 1 is 1.00 bits per heavy atom. The first-order valence-electron chi connectivity index (χ1n) is 9.87. The Labute approximate surface area is 165 Å². The van der Waals surface area contributed by atoms with E-state index in [1.807, 2.05) is 0 Å². The number of methoxy groups -OCH3 is 1. The Hall–Kier alpha value is -3.20. The monoisotopic (exact) mass is 368 g/mol. The van der Waals surface area contributed by atoms with Crippen LogP contribution >= 0.6 is 0 Å². The van der Waals surface area contributed by atoms with E-state index in [1.165, 1.54) is 33.3 Å². The molecule has 3 heteroatoms. The molecule has 4 aromatic rings. The molecule has 1 N–H and O–H groups in total. The van der Waals surface area contributed by atoms with Crippen molar-refractivity contribution < 1.29 is 4.74 Å². The molecular formula is C25H24N2O. The van der Waals surface area contributed by atoms with E-state index in [0.29, 0.717) is 6.04 Å². The van der Waals surface area contributed by atoms with Gasteiger partial charge in [-0.2, -0.15) is 0 Å². The molecule has 0 amide bonds. The minimum absolute atomic E-state index is 0.345. The van der Waals surface area contributed by atoms with Crippen molar-refractivity contribution in [2.24, 2.45) is 0 Å². The van der Waals surface area contributed by atoms with Crippen molar-refractivity contribution in [3.05, 3.63) is 95.7 Å². The summed E-state index contributed by atoms with van der Waals surface area (Å²) in [5.74, 6) is 0.934. The van der Waals surface area contributed by atoms with Crippen LogP contribution in [0.2, 0.25) is 0 Å². The number of aryl methyl sites for hydroxylation is 1.